The topological polar surface area (TPSA) is 81.4 Å². The number of nitrogens with one attached hydrogen (secondary N) is 1. The molecule has 0 aromatic heterocycles. The Morgan fingerprint density at radius 3 is 2.38 bits per heavy atom. The summed E-state index contributed by atoms with van der Waals surface area (Å²) >= 11 is 11.8. The van der Waals surface area contributed by atoms with Gasteiger partial charge in [0.15, 0.2) is 0 Å². The number of hydrogen-bond acceptors (Lipinski definition) is 4. The summed E-state index contributed by atoms with van der Waals surface area (Å²) in [6, 6.07) is 8.95. The Morgan fingerprint density at radius 1 is 1.10 bits per heavy atom. The molecule has 2 aromatic rings. The maximum atomic E-state index is 12.0. The van der Waals surface area contributed by atoms with Gasteiger partial charge in [-0.15, -0.1) is 0 Å². The Labute approximate surface area is 132 Å². The standard InChI is InChI=1S/C13H12Cl2N2O3S/c1-17-21(18,19)13-7-9(16)3-5-12(13)20-11-4-2-8(14)6-10(11)15/h2-7,17H,16H2,1H3. The molecular weight excluding hydrogens is 335 g/mol. The molecule has 5 nitrogen and oxygen atoms in total. The van der Waals surface area contributed by atoms with E-state index < -0.39 is 10.0 Å². The lowest BCUT2D eigenvalue weighted by atomic mass is 10.3. The monoisotopic (exact) mass is 346 g/mol. The van der Waals surface area contributed by atoms with E-state index in [0.29, 0.717) is 16.5 Å². The fourth-order valence-corrected chi connectivity index (χ4v) is 2.94. The molecule has 0 aliphatic heterocycles. The highest BCUT2D eigenvalue weighted by molar-refractivity contribution is 7.89. The summed E-state index contributed by atoms with van der Waals surface area (Å²) in [5.41, 5.74) is 5.93. The summed E-state index contributed by atoms with van der Waals surface area (Å²) in [7, 11) is -2.41. The molecule has 0 saturated carbocycles. The summed E-state index contributed by atoms with van der Waals surface area (Å²) < 4.78 is 31.8. The number of ether oxygens (including phenoxy) is 1. The van der Waals surface area contributed by atoms with E-state index in [4.69, 9.17) is 33.7 Å². The Bertz CT molecular complexity index is 779. The second kappa shape index (κ2) is 6.11. The lowest BCUT2D eigenvalue weighted by Crippen LogP contribution is -2.19. The second-order valence-electron chi connectivity index (χ2n) is 4.09. The molecule has 0 unspecified atom stereocenters. The van der Waals surface area contributed by atoms with Crippen molar-refractivity contribution in [3.8, 4) is 11.5 Å². The molecule has 0 amide bonds. The van der Waals surface area contributed by atoms with Gasteiger partial charge in [-0.3, -0.25) is 0 Å². The van der Waals surface area contributed by atoms with Gasteiger partial charge in [-0.2, -0.15) is 0 Å². The van der Waals surface area contributed by atoms with Gasteiger partial charge in [0.05, 0.1) is 5.02 Å². The van der Waals surface area contributed by atoms with Gasteiger partial charge in [0, 0.05) is 10.7 Å². The molecule has 0 aliphatic carbocycles. The number of sulfonamides is 1. The summed E-state index contributed by atoms with van der Waals surface area (Å²) in [5.74, 6) is 0.404. The largest absolute Gasteiger partial charge is 0.454 e. The lowest BCUT2D eigenvalue weighted by Gasteiger charge is -2.13. The smallest absolute Gasteiger partial charge is 0.244 e. The Hall–Kier alpha value is -1.47. The first-order valence-corrected chi connectivity index (χ1v) is 8.03. The van der Waals surface area contributed by atoms with Crippen LogP contribution in [0.4, 0.5) is 5.69 Å². The molecule has 112 valence electrons. The Balaban J connectivity index is 2.50. The number of benzene rings is 2. The first kappa shape index (κ1) is 15.9. The molecule has 0 radical (unpaired) electrons. The minimum absolute atomic E-state index is 0.0731. The highest BCUT2D eigenvalue weighted by Crippen LogP contribution is 2.35. The third kappa shape index (κ3) is 3.59. The molecule has 0 aliphatic rings. The predicted molar refractivity (Wildman–Crippen MR) is 83.6 cm³/mol. The van der Waals surface area contributed by atoms with Crippen molar-refractivity contribution in [2.45, 2.75) is 4.90 Å². The maximum absolute atomic E-state index is 12.0. The molecule has 0 fully saturated rings. The van der Waals surface area contributed by atoms with Gasteiger partial charge in [-0.1, -0.05) is 23.2 Å². The third-order valence-electron chi connectivity index (χ3n) is 2.64. The van der Waals surface area contributed by atoms with Crippen LogP contribution in [0.5, 0.6) is 11.5 Å². The van der Waals surface area contributed by atoms with E-state index in [1.54, 1.807) is 12.1 Å². The van der Waals surface area contributed by atoms with Crippen molar-refractivity contribution < 1.29 is 13.2 Å². The van der Waals surface area contributed by atoms with Crippen LogP contribution < -0.4 is 15.2 Å². The zero-order valence-electron chi connectivity index (χ0n) is 10.9. The van der Waals surface area contributed by atoms with E-state index in [2.05, 4.69) is 4.72 Å². The van der Waals surface area contributed by atoms with E-state index >= 15 is 0 Å². The first-order valence-electron chi connectivity index (χ1n) is 5.79. The molecule has 0 saturated heterocycles. The minimum atomic E-state index is -3.72. The number of hydrogen-bond donors (Lipinski definition) is 2. The molecule has 2 rings (SSSR count). The van der Waals surface area contributed by atoms with Crippen LogP contribution in [0.15, 0.2) is 41.3 Å². The molecule has 2 aromatic carbocycles. The van der Waals surface area contributed by atoms with E-state index in [1.165, 1.54) is 31.3 Å². The van der Waals surface area contributed by atoms with Crippen LogP contribution in [-0.2, 0) is 10.0 Å². The highest BCUT2D eigenvalue weighted by atomic mass is 35.5. The summed E-state index contributed by atoms with van der Waals surface area (Å²) in [4.78, 5) is -0.0731. The van der Waals surface area contributed by atoms with Gasteiger partial charge in [0.25, 0.3) is 0 Å². The van der Waals surface area contributed by atoms with Crippen LogP contribution in [-0.4, -0.2) is 15.5 Å². The van der Waals surface area contributed by atoms with Gasteiger partial charge in [0.1, 0.15) is 16.4 Å². The van der Waals surface area contributed by atoms with Crippen molar-refractivity contribution in [1.29, 1.82) is 0 Å². The number of anilines is 1. The normalized spacial score (nSPS) is 11.4. The molecular formula is C13H12Cl2N2O3S. The van der Waals surface area contributed by atoms with E-state index in [-0.39, 0.29) is 15.7 Å². The van der Waals surface area contributed by atoms with Crippen LogP contribution >= 0.6 is 23.2 Å². The van der Waals surface area contributed by atoms with E-state index in [9.17, 15) is 8.42 Å². The zero-order chi connectivity index (χ0) is 15.6. The molecule has 0 heterocycles. The molecule has 3 N–H and O–H groups in total. The van der Waals surface area contributed by atoms with Gasteiger partial charge >= 0.3 is 0 Å². The molecule has 0 spiro atoms. The van der Waals surface area contributed by atoms with Crippen LogP contribution in [0.3, 0.4) is 0 Å². The van der Waals surface area contributed by atoms with Crippen LogP contribution in [0.2, 0.25) is 10.0 Å². The molecule has 0 bridgehead atoms. The first-order chi connectivity index (χ1) is 9.83. The van der Waals surface area contributed by atoms with E-state index in [0.717, 1.165) is 0 Å². The van der Waals surface area contributed by atoms with Gasteiger partial charge in [0.2, 0.25) is 10.0 Å². The third-order valence-corrected chi connectivity index (χ3v) is 4.61. The zero-order valence-corrected chi connectivity index (χ0v) is 13.3. The Kier molecular flexibility index (Phi) is 4.63. The van der Waals surface area contributed by atoms with Crippen molar-refractivity contribution in [2.24, 2.45) is 0 Å². The minimum Gasteiger partial charge on any atom is -0.454 e. The fourth-order valence-electron chi connectivity index (χ4n) is 1.61. The highest BCUT2D eigenvalue weighted by Gasteiger charge is 2.19. The lowest BCUT2D eigenvalue weighted by molar-refractivity contribution is 0.467. The number of nitrogen functional groups attached to an aromatic ring is 1. The molecule has 0 atom stereocenters. The Morgan fingerprint density at radius 2 is 1.76 bits per heavy atom. The average Bonchev–Trinajstić information content (AvgIpc) is 2.43. The summed E-state index contributed by atoms with van der Waals surface area (Å²) in [6.45, 7) is 0. The molecule has 21 heavy (non-hydrogen) atoms. The number of halogens is 2. The quantitative estimate of drug-likeness (QED) is 0.832. The predicted octanol–water partition coefficient (Wildman–Crippen LogP) is 3.28. The van der Waals surface area contributed by atoms with E-state index in [1.807, 2.05) is 0 Å². The molecule has 8 heteroatoms. The van der Waals surface area contributed by atoms with Crippen LogP contribution in [0, 0.1) is 0 Å². The summed E-state index contributed by atoms with van der Waals surface area (Å²) in [6.07, 6.45) is 0. The van der Waals surface area contributed by atoms with Crippen molar-refractivity contribution in [3.63, 3.8) is 0 Å². The number of nitrogens with two attached hydrogens (primary N) is 1. The maximum Gasteiger partial charge on any atom is 0.244 e. The number of rotatable bonds is 4. The van der Waals surface area contributed by atoms with Gasteiger partial charge < -0.3 is 10.5 Å². The average molecular weight is 347 g/mol. The van der Waals surface area contributed by atoms with Crippen molar-refractivity contribution in [2.75, 3.05) is 12.8 Å². The van der Waals surface area contributed by atoms with Crippen molar-refractivity contribution in [1.82, 2.24) is 4.72 Å². The SMILES string of the molecule is CNS(=O)(=O)c1cc(N)ccc1Oc1ccc(Cl)cc1Cl. The van der Waals surface area contributed by atoms with Crippen LogP contribution in [0.25, 0.3) is 0 Å². The summed E-state index contributed by atoms with van der Waals surface area (Å²) in [5, 5.41) is 0.722. The fraction of sp³-hybridized carbons (Fsp3) is 0.0769. The van der Waals surface area contributed by atoms with Crippen LogP contribution in [0.1, 0.15) is 0 Å². The van der Waals surface area contributed by atoms with Gasteiger partial charge in [-0.05, 0) is 43.4 Å². The van der Waals surface area contributed by atoms with Crippen molar-refractivity contribution >= 4 is 38.9 Å². The van der Waals surface area contributed by atoms with Crippen molar-refractivity contribution in [3.05, 3.63) is 46.4 Å². The second-order valence-corrected chi connectivity index (χ2v) is 6.79. The van der Waals surface area contributed by atoms with Gasteiger partial charge in [-0.25, -0.2) is 13.1 Å².